The number of benzene rings is 2. The van der Waals surface area contributed by atoms with Crippen LogP contribution in [0.15, 0.2) is 70.4 Å². The first-order chi connectivity index (χ1) is 16.9. The van der Waals surface area contributed by atoms with Crippen LogP contribution in [-0.2, 0) is 11.0 Å². The number of carbonyl (C=O) groups excluding carboxylic acids is 1. The molecule has 4 aromatic rings. The summed E-state index contributed by atoms with van der Waals surface area (Å²) in [5, 5.41) is 11.4. The van der Waals surface area contributed by atoms with Crippen LogP contribution in [0, 0.1) is 0 Å². The van der Waals surface area contributed by atoms with Crippen molar-refractivity contribution in [1.82, 2.24) is 14.8 Å². The molecule has 12 heteroatoms. The summed E-state index contributed by atoms with van der Waals surface area (Å²) >= 11 is 1.12. The van der Waals surface area contributed by atoms with Crippen LogP contribution < -0.4 is 14.8 Å². The molecule has 0 atom stereocenters. The summed E-state index contributed by atoms with van der Waals surface area (Å²) in [5.74, 6) is 1.64. The van der Waals surface area contributed by atoms with Crippen LogP contribution in [-0.4, -0.2) is 39.6 Å². The zero-order chi connectivity index (χ0) is 24.4. The highest BCUT2D eigenvalue weighted by atomic mass is 32.2. The van der Waals surface area contributed by atoms with Gasteiger partial charge in [0.05, 0.1) is 23.3 Å². The number of rotatable bonds is 6. The summed E-state index contributed by atoms with van der Waals surface area (Å²) in [5.41, 5.74) is 0.146. The molecule has 35 heavy (non-hydrogen) atoms. The third-order valence-corrected chi connectivity index (χ3v) is 5.92. The second kappa shape index (κ2) is 9.37. The molecule has 2 aromatic carbocycles. The quantitative estimate of drug-likeness (QED) is 0.369. The Balaban J connectivity index is 1.36. The van der Waals surface area contributed by atoms with Crippen molar-refractivity contribution in [2.45, 2.75) is 11.3 Å². The van der Waals surface area contributed by atoms with E-state index in [4.69, 9.17) is 13.9 Å². The summed E-state index contributed by atoms with van der Waals surface area (Å²) in [4.78, 5) is 12.5. The standard InChI is InChI=1S/C23H17F3N4O4S/c24-23(25,26)14-3-5-15(6-4-14)27-20(31)13-35-22-29-28-21(18-2-1-9-32-18)30(22)16-7-8-17-19(12-16)34-11-10-33-17/h1-9,12H,10-11,13H2,(H,27,31). The SMILES string of the molecule is O=C(CSc1nnc(-c2ccco2)n1-c1ccc2c(c1)OCCO2)Nc1ccc(C(F)(F)F)cc1. The van der Waals surface area contributed by atoms with Crippen LogP contribution in [0.5, 0.6) is 11.5 Å². The number of halogens is 3. The van der Waals surface area contributed by atoms with E-state index in [1.54, 1.807) is 28.8 Å². The summed E-state index contributed by atoms with van der Waals surface area (Å²) < 4.78 is 56.7. The number of hydrogen-bond donors (Lipinski definition) is 1. The maximum Gasteiger partial charge on any atom is 0.416 e. The summed E-state index contributed by atoms with van der Waals surface area (Å²) in [6, 6.07) is 13.1. The zero-order valence-corrected chi connectivity index (χ0v) is 18.7. The number of fused-ring (bicyclic) bond motifs is 1. The monoisotopic (exact) mass is 502 g/mol. The van der Waals surface area contributed by atoms with E-state index in [2.05, 4.69) is 15.5 Å². The Labute approximate surface area is 201 Å². The molecule has 1 amide bonds. The maximum absolute atomic E-state index is 12.7. The average molecular weight is 502 g/mol. The fourth-order valence-corrected chi connectivity index (χ4v) is 4.15. The van der Waals surface area contributed by atoms with Gasteiger partial charge in [0.15, 0.2) is 22.4 Å². The first-order valence-corrected chi connectivity index (χ1v) is 11.4. The molecule has 180 valence electrons. The molecule has 1 aliphatic rings. The van der Waals surface area contributed by atoms with E-state index in [1.807, 2.05) is 6.07 Å². The van der Waals surface area contributed by atoms with Crippen LogP contribution >= 0.6 is 11.8 Å². The molecular weight excluding hydrogens is 485 g/mol. The maximum atomic E-state index is 12.7. The molecule has 0 radical (unpaired) electrons. The fraction of sp³-hybridized carbons (Fsp3) is 0.174. The largest absolute Gasteiger partial charge is 0.486 e. The van der Waals surface area contributed by atoms with Crippen molar-refractivity contribution in [3.05, 3.63) is 66.4 Å². The third kappa shape index (κ3) is 4.97. The number of nitrogens with zero attached hydrogens (tertiary/aromatic N) is 3. The minimum atomic E-state index is -4.44. The molecule has 1 aliphatic heterocycles. The van der Waals surface area contributed by atoms with Crippen molar-refractivity contribution < 1.29 is 31.9 Å². The Hall–Kier alpha value is -3.93. The van der Waals surface area contributed by atoms with E-state index >= 15 is 0 Å². The number of ether oxygens (including phenoxy) is 2. The molecule has 0 spiro atoms. The van der Waals surface area contributed by atoms with Gasteiger partial charge in [0.2, 0.25) is 11.7 Å². The average Bonchev–Trinajstić information content (AvgIpc) is 3.52. The van der Waals surface area contributed by atoms with Gasteiger partial charge in [0.25, 0.3) is 0 Å². The number of alkyl halides is 3. The van der Waals surface area contributed by atoms with Crippen molar-refractivity contribution in [2.75, 3.05) is 24.3 Å². The Morgan fingerprint density at radius 1 is 1.03 bits per heavy atom. The molecule has 2 aromatic heterocycles. The van der Waals surface area contributed by atoms with E-state index < -0.39 is 17.6 Å². The van der Waals surface area contributed by atoms with Crippen LogP contribution in [0.4, 0.5) is 18.9 Å². The lowest BCUT2D eigenvalue weighted by Crippen LogP contribution is -2.16. The second-order valence-electron chi connectivity index (χ2n) is 7.36. The van der Waals surface area contributed by atoms with Crippen LogP contribution in [0.1, 0.15) is 5.56 Å². The molecule has 0 saturated carbocycles. The topological polar surface area (TPSA) is 91.4 Å². The number of thioether (sulfide) groups is 1. The lowest BCUT2D eigenvalue weighted by atomic mass is 10.2. The molecule has 1 N–H and O–H groups in total. The highest BCUT2D eigenvalue weighted by molar-refractivity contribution is 7.99. The van der Waals surface area contributed by atoms with Gasteiger partial charge in [-0.2, -0.15) is 13.2 Å². The minimum absolute atomic E-state index is 0.0537. The predicted molar refractivity (Wildman–Crippen MR) is 121 cm³/mol. The second-order valence-corrected chi connectivity index (χ2v) is 8.30. The van der Waals surface area contributed by atoms with Crippen LogP contribution in [0.25, 0.3) is 17.3 Å². The summed E-state index contributed by atoms with van der Waals surface area (Å²) in [7, 11) is 0. The van der Waals surface area contributed by atoms with Gasteiger partial charge in [-0.15, -0.1) is 10.2 Å². The predicted octanol–water partition coefficient (Wildman–Crippen LogP) is 5.05. The minimum Gasteiger partial charge on any atom is -0.486 e. The number of nitrogens with one attached hydrogen (secondary N) is 1. The Morgan fingerprint density at radius 2 is 1.80 bits per heavy atom. The Morgan fingerprint density at radius 3 is 2.51 bits per heavy atom. The van der Waals surface area contributed by atoms with Gasteiger partial charge < -0.3 is 19.2 Å². The van der Waals surface area contributed by atoms with E-state index in [0.29, 0.717) is 47.1 Å². The van der Waals surface area contributed by atoms with Gasteiger partial charge in [-0.1, -0.05) is 11.8 Å². The molecule has 0 saturated heterocycles. The van der Waals surface area contributed by atoms with E-state index in [-0.39, 0.29) is 11.4 Å². The van der Waals surface area contributed by atoms with Crippen molar-refractivity contribution >= 4 is 23.4 Å². The first kappa shape index (κ1) is 22.8. The molecule has 0 fully saturated rings. The number of furan rings is 1. The third-order valence-electron chi connectivity index (χ3n) is 4.99. The number of carbonyl (C=O) groups is 1. The molecule has 8 nitrogen and oxygen atoms in total. The lowest BCUT2D eigenvalue weighted by Gasteiger charge is -2.19. The molecule has 0 unspecified atom stereocenters. The fourth-order valence-electron chi connectivity index (χ4n) is 3.40. The van der Waals surface area contributed by atoms with Gasteiger partial charge in [-0.3, -0.25) is 9.36 Å². The van der Waals surface area contributed by atoms with Gasteiger partial charge in [0.1, 0.15) is 13.2 Å². The van der Waals surface area contributed by atoms with Gasteiger partial charge >= 0.3 is 6.18 Å². The van der Waals surface area contributed by atoms with Crippen LogP contribution in [0.2, 0.25) is 0 Å². The normalized spacial score (nSPS) is 13.0. The zero-order valence-electron chi connectivity index (χ0n) is 17.9. The van der Waals surface area contributed by atoms with Crippen molar-refractivity contribution in [3.8, 4) is 28.8 Å². The molecule has 3 heterocycles. The van der Waals surface area contributed by atoms with Gasteiger partial charge in [-0.05, 0) is 48.5 Å². The van der Waals surface area contributed by atoms with Gasteiger partial charge in [0, 0.05) is 11.8 Å². The van der Waals surface area contributed by atoms with Crippen LogP contribution in [0.3, 0.4) is 0 Å². The number of aromatic nitrogens is 3. The molecular formula is C23H17F3N4O4S. The lowest BCUT2D eigenvalue weighted by molar-refractivity contribution is -0.137. The summed E-state index contributed by atoms with van der Waals surface area (Å²) in [6.45, 7) is 0.890. The van der Waals surface area contributed by atoms with Crippen molar-refractivity contribution in [1.29, 1.82) is 0 Å². The first-order valence-electron chi connectivity index (χ1n) is 10.4. The highest BCUT2D eigenvalue weighted by Gasteiger charge is 2.30. The van der Waals surface area contributed by atoms with Gasteiger partial charge in [-0.25, -0.2) is 0 Å². The smallest absolute Gasteiger partial charge is 0.416 e. The van der Waals surface area contributed by atoms with E-state index in [0.717, 1.165) is 23.9 Å². The highest BCUT2D eigenvalue weighted by Crippen LogP contribution is 2.35. The number of amides is 1. The number of hydrogen-bond acceptors (Lipinski definition) is 7. The molecule has 0 aliphatic carbocycles. The van der Waals surface area contributed by atoms with E-state index in [9.17, 15) is 18.0 Å². The Bertz CT molecular complexity index is 1340. The van der Waals surface area contributed by atoms with Crippen molar-refractivity contribution in [3.63, 3.8) is 0 Å². The number of anilines is 1. The summed E-state index contributed by atoms with van der Waals surface area (Å²) in [6.07, 6.45) is -2.93. The van der Waals surface area contributed by atoms with E-state index in [1.165, 1.54) is 18.4 Å². The Kier molecular flexibility index (Phi) is 6.12. The molecule has 5 rings (SSSR count). The van der Waals surface area contributed by atoms with Crippen molar-refractivity contribution in [2.24, 2.45) is 0 Å². The molecule has 0 bridgehead atoms.